The Kier molecular flexibility index (Phi) is 2.22. The summed E-state index contributed by atoms with van der Waals surface area (Å²) >= 11 is 0. The minimum atomic E-state index is -0.239. The predicted octanol–water partition coefficient (Wildman–Crippen LogP) is 1.13. The average Bonchev–Trinajstić information content (AvgIpc) is 2.59. The average molecular weight is 204 g/mol. The van der Waals surface area contributed by atoms with Crippen molar-refractivity contribution < 1.29 is 4.79 Å². The zero-order chi connectivity index (χ0) is 11.0. The van der Waals surface area contributed by atoms with Crippen LogP contribution in [0.25, 0.3) is 5.65 Å². The van der Waals surface area contributed by atoms with Gasteiger partial charge >= 0.3 is 0 Å². The first-order valence-electron chi connectivity index (χ1n) is 4.78. The van der Waals surface area contributed by atoms with Gasteiger partial charge in [0.05, 0.1) is 11.6 Å². The smallest absolute Gasteiger partial charge is 0.183 e. The van der Waals surface area contributed by atoms with E-state index < -0.39 is 0 Å². The molecule has 0 N–H and O–H groups in total. The maximum Gasteiger partial charge on any atom is 0.183 e. The Hall–Kier alpha value is -1.78. The van der Waals surface area contributed by atoms with Crippen molar-refractivity contribution in [3.05, 3.63) is 23.9 Å². The Morgan fingerprint density at radius 3 is 2.87 bits per heavy atom. The largest absolute Gasteiger partial charge is 0.299 e. The van der Waals surface area contributed by atoms with Crippen LogP contribution in [0.15, 0.2) is 12.4 Å². The Balaban J connectivity index is 2.66. The van der Waals surface area contributed by atoms with Crippen LogP contribution in [0.2, 0.25) is 0 Å². The minimum absolute atomic E-state index is 0.0799. The summed E-state index contributed by atoms with van der Waals surface area (Å²) in [4.78, 5) is 15.5. The Morgan fingerprint density at radius 1 is 1.47 bits per heavy atom. The molecule has 0 radical (unpaired) electrons. The summed E-state index contributed by atoms with van der Waals surface area (Å²) in [5.74, 6) is 0.637. The molecule has 2 aromatic rings. The summed E-state index contributed by atoms with van der Waals surface area (Å²) in [6.07, 6.45) is 3.46. The van der Waals surface area contributed by atoms with Crippen LogP contribution in [-0.4, -0.2) is 25.4 Å². The molecule has 1 unspecified atom stereocenters. The van der Waals surface area contributed by atoms with Crippen LogP contribution in [0.3, 0.4) is 0 Å². The van der Waals surface area contributed by atoms with Crippen molar-refractivity contribution in [3.63, 3.8) is 0 Å². The molecular formula is C10H12N4O. The zero-order valence-electron chi connectivity index (χ0n) is 8.93. The molecule has 0 aliphatic rings. The number of hydrogen-bond acceptors (Lipinski definition) is 4. The van der Waals surface area contributed by atoms with Crippen molar-refractivity contribution in [1.82, 2.24) is 19.6 Å². The molecule has 0 amide bonds. The molecule has 15 heavy (non-hydrogen) atoms. The van der Waals surface area contributed by atoms with E-state index in [9.17, 15) is 4.79 Å². The van der Waals surface area contributed by atoms with Crippen molar-refractivity contribution in [3.8, 4) is 0 Å². The lowest BCUT2D eigenvalue weighted by Gasteiger charge is -2.07. The van der Waals surface area contributed by atoms with Gasteiger partial charge in [-0.1, -0.05) is 0 Å². The molecule has 78 valence electrons. The van der Waals surface area contributed by atoms with Crippen LogP contribution in [0.4, 0.5) is 0 Å². The van der Waals surface area contributed by atoms with Crippen molar-refractivity contribution in [2.75, 3.05) is 0 Å². The van der Waals surface area contributed by atoms with Gasteiger partial charge in [0.1, 0.15) is 11.6 Å². The highest BCUT2D eigenvalue weighted by atomic mass is 16.1. The first-order valence-corrected chi connectivity index (χ1v) is 4.78. The fourth-order valence-corrected chi connectivity index (χ4v) is 1.46. The van der Waals surface area contributed by atoms with Crippen LogP contribution >= 0.6 is 0 Å². The second-order valence-corrected chi connectivity index (χ2v) is 3.59. The van der Waals surface area contributed by atoms with Gasteiger partial charge in [0.25, 0.3) is 0 Å². The van der Waals surface area contributed by atoms with Crippen LogP contribution in [0, 0.1) is 6.92 Å². The molecule has 0 fully saturated rings. The second-order valence-electron chi connectivity index (χ2n) is 3.59. The monoisotopic (exact) mass is 204 g/mol. The van der Waals surface area contributed by atoms with Crippen LogP contribution < -0.4 is 0 Å². The highest BCUT2D eigenvalue weighted by molar-refractivity contribution is 5.84. The van der Waals surface area contributed by atoms with Gasteiger partial charge in [0.2, 0.25) is 0 Å². The third-order valence-corrected chi connectivity index (χ3v) is 2.54. The SMILES string of the molecule is CC(=O)C(C)c1nccn2c(C)nnc12. The van der Waals surface area contributed by atoms with Crippen LogP contribution in [0.1, 0.15) is 31.3 Å². The molecule has 5 heteroatoms. The molecule has 2 heterocycles. The maximum atomic E-state index is 11.3. The van der Waals surface area contributed by atoms with E-state index in [1.165, 1.54) is 0 Å². The Morgan fingerprint density at radius 2 is 2.20 bits per heavy atom. The normalized spacial score (nSPS) is 13.0. The maximum absolute atomic E-state index is 11.3. The number of Topliss-reactive ketones (excluding diaryl/α,β-unsaturated/α-hetero) is 1. The summed E-state index contributed by atoms with van der Waals surface area (Å²) in [5.41, 5.74) is 1.35. The minimum Gasteiger partial charge on any atom is -0.299 e. The number of aromatic nitrogens is 4. The molecule has 0 aliphatic carbocycles. The molecule has 1 atom stereocenters. The summed E-state index contributed by atoms with van der Waals surface area (Å²) < 4.78 is 1.84. The highest BCUT2D eigenvalue weighted by Gasteiger charge is 2.17. The molecule has 2 rings (SSSR count). The number of hydrogen-bond donors (Lipinski definition) is 0. The standard InChI is InChI=1S/C10H12N4O/c1-6(7(2)15)9-10-13-12-8(3)14(10)5-4-11-9/h4-6H,1-3H3. The summed E-state index contributed by atoms with van der Waals surface area (Å²) in [7, 11) is 0. The molecule has 0 bridgehead atoms. The molecule has 5 nitrogen and oxygen atoms in total. The lowest BCUT2D eigenvalue weighted by molar-refractivity contribution is -0.118. The van der Waals surface area contributed by atoms with Gasteiger partial charge in [-0.3, -0.25) is 14.2 Å². The van der Waals surface area contributed by atoms with Gasteiger partial charge in [0, 0.05) is 12.4 Å². The second kappa shape index (κ2) is 3.42. The van der Waals surface area contributed by atoms with E-state index in [4.69, 9.17) is 0 Å². The van der Waals surface area contributed by atoms with E-state index in [-0.39, 0.29) is 11.7 Å². The van der Waals surface area contributed by atoms with Crippen LogP contribution in [0.5, 0.6) is 0 Å². The van der Waals surface area contributed by atoms with E-state index in [2.05, 4.69) is 15.2 Å². The lowest BCUT2D eigenvalue weighted by Crippen LogP contribution is -2.08. The third-order valence-electron chi connectivity index (χ3n) is 2.54. The van der Waals surface area contributed by atoms with Crippen molar-refractivity contribution in [1.29, 1.82) is 0 Å². The quantitative estimate of drug-likeness (QED) is 0.735. The molecule has 0 saturated carbocycles. The Labute approximate surface area is 87.2 Å². The number of carbonyl (C=O) groups excluding carboxylic acids is 1. The topological polar surface area (TPSA) is 60.2 Å². The van der Waals surface area contributed by atoms with Crippen molar-refractivity contribution >= 4 is 11.4 Å². The number of rotatable bonds is 2. The van der Waals surface area contributed by atoms with Gasteiger partial charge < -0.3 is 0 Å². The molecule has 0 spiro atoms. The highest BCUT2D eigenvalue weighted by Crippen LogP contribution is 2.17. The summed E-state index contributed by atoms with van der Waals surface area (Å²) in [6.45, 7) is 5.25. The van der Waals surface area contributed by atoms with Crippen molar-refractivity contribution in [2.45, 2.75) is 26.7 Å². The number of fused-ring (bicyclic) bond motifs is 1. The van der Waals surface area contributed by atoms with Gasteiger partial charge in [-0.2, -0.15) is 0 Å². The molecule has 2 aromatic heterocycles. The number of nitrogens with zero attached hydrogens (tertiary/aromatic N) is 4. The first-order chi connectivity index (χ1) is 7.11. The van der Waals surface area contributed by atoms with Gasteiger partial charge in [-0.05, 0) is 20.8 Å². The van der Waals surface area contributed by atoms with E-state index >= 15 is 0 Å². The van der Waals surface area contributed by atoms with Gasteiger partial charge in [-0.15, -0.1) is 10.2 Å². The summed E-state index contributed by atoms with van der Waals surface area (Å²) in [5, 5.41) is 7.98. The Bertz CT molecular complexity index is 517. The van der Waals surface area contributed by atoms with Crippen LogP contribution in [-0.2, 0) is 4.79 Å². The van der Waals surface area contributed by atoms with E-state index in [1.54, 1.807) is 19.3 Å². The fourth-order valence-electron chi connectivity index (χ4n) is 1.46. The lowest BCUT2D eigenvalue weighted by atomic mass is 10.0. The first kappa shape index (κ1) is 9.76. The van der Waals surface area contributed by atoms with Crippen molar-refractivity contribution in [2.24, 2.45) is 0 Å². The number of carbonyl (C=O) groups is 1. The molecule has 0 saturated heterocycles. The molecular weight excluding hydrogens is 192 g/mol. The van der Waals surface area contributed by atoms with Gasteiger partial charge in [-0.25, -0.2) is 0 Å². The molecule has 0 aliphatic heterocycles. The van der Waals surface area contributed by atoms with Gasteiger partial charge in [0.15, 0.2) is 5.65 Å². The summed E-state index contributed by atoms with van der Waals surface area (Å²) in [6, 6.07) is 0. The number of aryl methyl sites for hydroxylation is 1. The van der Waals surface area contributed by atoms with E-state index in [1.807, 2.05) is 18.2 Å². The number of ketones is 1. The fraction of sp³-hybridized carbons (Fsp3) is 0.400. The van der Waals surface area contributed by atoms with E-state index in [0.717, 1.165) is 5.82 Å². The molecule has 0 aromatic carbocycles. The zero-order valence-corrected chi connectivity index (χ0v) is 8.93. The van der Waals surface area contributed by atoms with E-state index in [0.29, 0.717) is 11.3 Å². The predicted molar refractivity (Wildman–Crippen MR) is 54.6 cm³/mol. The third kappa shape index (κ3) is 1.49.